The number of hydrogen-bond donors (Lipinski definition) is 0. The summed E-state index contributed by atoms with van der Waals surface area (Å²) in [4.78, 5) is 0. The molecule has 1 fully saturated rings. The van der Waals surface area contributed by atoms with E-state index >= 15 is 8.78 Å². The summed E-state index contributed by atoms with van der Waals surface area (Å²) >= 11 is 0. The fourth-order valence-electron chi connectivity index (χ4n) is 4.60. The highest BCUT2D eigenvalue weighted by Crippen LogP contribution is 2.34. The van der Waals surface area contributed by atoms with Gasteiger partial charge in [0.15, 0.2) is 29.6 Å². The number of rotatable bonds is 9. The van der Waals surface area contributed by atoms with E-state index < -0.39 is 23.3 Å². The lowest BCUT2D eigenvalue weighted by Crippen LogP contribution is -2.31. The van der Waals surface area contributed by atoms with Gasteiger partial charge in [-0.15, -0.1) is 0 Å². The molecule has 6 heteroatoms. The molecule has 3 aromatic carbocycles. The number of aryl methyl sites for hydroxylation is 1. The average Bonchev–Trinajstić information content (AvgIpc) is 2.90. The van der Waals surface area contributed by atoms with Crippen LogP contribution in [0.25, 0.3) is 22.3 Å². The van der Waals surface area contributed by atoms with Crippen LogP contribution < -0.4 is 0 Å². The lowest BCUT2D eigenvalue weighted by atomic mass is 9.94. The van der Waals surface area contributed by atoms with Crippen molar-refractivity contribution in [1.29, 1.82) is 0 Å². The Balaban J connectivity index is 1.43. The van der Waals surface area contributed by atoms with Gasteiger partial charge >= 0.3 is 0 Å². The van der Waals surface area contributed by atoms with Crippen LogP contribution in [0.5, 0.6) is 0 Å². The van der Waals surface area contributed by atoms with Gasteiger partial charge in [-0.1, -0.05) is 81.1 Å². The SMILES string of the molecule is CCCCCCCC1OCC(c2ccc(-c3ccc(-c4ccc(C)c(F)c4F)cc3)c(F)c2F)CO1. The second-order valence-corrected chi connectivity index (χ2v) is 9.46. The third-order valence-corrected chi connectivity index (χ3v) is 6.84. The van der Waals surface area contributed by atoms with Crippen molar-refractivity contribution in [2.75, 3.05) is 13.2 Å². The van der Waals surface area contributed by atoms with Gasteiger partial charge in [-0.05, 0) is 42.0 Å². The molecular formula is C30H32F4O2. The normalized spacial score (nSPS) is 17.9. The minimum Gasteiger partial charge on any atom is -0.352 e. The monoisotopic (exact) mass is 500 g/mol. The predicted octanol–water partition coefficient (Wildman–Crippen LogP) is 8.70. The molecule has 192 valence electrons. The van der Waals surface area contributed by atoms with E-state index in [2.05, 4.69) is 6.92 Å². The zero-order valence-corrected chi connectivity index (χ0v) is 20.8. The number of benzene rings is 3. The van der Waals surface area contributed by atoms with Gasteiger partial charge in [-0.3, -0.25) is 0 Å². The average molecular weight is 501 g/mol. The van der Waals surface area contributed by atoms with Crippen molar-refractivity contribution >= 4 is 0 Å². The number of halogens is 4. The molecule has 3 aromatic rings. The first-order valence-electron chi connectivity index (χ1n) is 12.7. The Morgan fingerprint density at radius 1 is 0.667 bits per heavy atom. The summed E-state index contributed by atoms with van der Waals surface area (Å²) in [5.74, 6) is -4.08. The third-order valence-electron chi connectivity index (χ3n) is 6.84. The molecule has 0 aromatic heterocycles. The van der Waals surface area contributed by atoms with Crippen LogP contribution in [0.15, 0.2) is 48.5 Å². The second kappa shape index (κ2) is 12.0. The van der Waals surface area contributed by atoms with E-state index in [1.807, 2.05) is 0 Å². The molecule has 1 heterocycles. The first-order valence-corrected chi connectivity index (χ1v) is 12.7. The summed E-state index contributed by atoms with van der Waals surface area (Å²) in [6.45, 7) is 4.23. The third kappa shape index (κ3) is 5.81. The van der Waals surface area contributed by atoms with Crippen LogP contribution in [0.3, 0.4) is 0 Å². The molecule has 4 rings (SSSR count). The summed E-state index contributed by atoms with van der Waals surface area (Å²) in [7, 11) is 0. The molecule has 1 saturated heterocycles. The van der Waals surface area contributed by atoms with Crippen molar-refractivity contribution < 1.29 is 27.0 Å². The largest absolute Gasteiger partial charge is 0.352 e. The molecule has 36 heavy (non-hydrogen) atoms. The van der Waals surface area contributed by atoms with Crippen LogP contribution in [0, 0.1) is 30.2 Å². The molecule has 0 amide bonds. The van der Waals surface area contributed by atoms with Gasteiger partial charge in [-0.2, -0.15) is 0 Å². The van der Waals surface area contributed by atoms with E-state index in [1.54, 1.807) is 30.3 Å². The van der Waals surface area contributed by atoms with Gasteiger partial charge in [0.25, 0.3) is 0 Å². The van der Waals surface area contributed by atoms with Crippen molar-refractivity contribution in [3.05, 3.63) is 82.9 Å². The van der Waals surface area contributed by atoms with Crippen LogP contribution in [0.2, 0.25) is 0 Å². The quantitative estimate of drug-likeness (QED) is 0.216. The molecule has 1 aliphatic rings. The molecule has 1 aliphatic heterocycles. The number of unbranched alkanes of at least 4 members (excludes halogenated alkanes) is 4. The summed E-state index contributed by atoms with van der Waals surface area (Å²) in [5.41, 5.74) is 1.55. The van der Waals surface area contributed by atoms with E-state index in [0.717, 1.165) is 19.3 Å². The number of hydrogen-bond acceptors (Lipinski definition) is 2. The minimum absolute atomic E-state index is 0.0981. The molecule has 0 saturated carbocycles. The fraction of sp³-hybridized carbons (Fsp3) is 0.400. The maximum Gasteiger partial charge on any atom is 0.166 e. The van der Waals surface area contributed by atoms with Crippen LogP contribution in [0.4, 0.5) is 17.6 Å². The summed E-state index contributed by atoms with van der Waals surface area (Å²) in [6.07, 6.45) is 6.30. The Hall–Kier alpha value is -2.70. The maximum atomic E-state index is 15.1. The zero-order chi connectivity index (χ0) is 25.7. The van der Waals surface area contributed by atoms with Crippen molar-refractivity contribution in [2.24, 2.45) is 0 Å². The highest BCUT2D eigenvalue weighted by atomic mass is 19.2. The zero-order valence-electron chi connectivity index (χ0n) is 20.8. The Labute approximate surface area is 210 Å². The standard InChI is InChI=1S/C30H32F4O2/c1-3-4-5-6-7-8-26-35-17-22(18-36-26)25-16-15-24(29(33)30(25)34)21-12-10-20(11-13-21)23-14-9-19(2)27(31)28(23)32/h9-16,22,26H,3-8,17-18H2,1-2H3. The van der Waals surface area contributed by atoms with Gasteiger partial charge < -0.3 is 9.47 Å². The van der Waals surface area contributed by atoms with Gasteiger partial charge in [0.2, 0.25) is 0 Å². The molecule has 0 aliphatic carbocycles. The second-order valence-electron chi connectivity index (χ2n) is 9.46. The Kier molecular flexibility index (Phi) is 8.81. The van der Waals surface area contributed by atoms with Crippen LogP contribution in [0.1, 0.15) is 62.5 Å². The van der Waals surface area contributed by atoms with E-state index in [9.17, 15) is 8.78 Å². The van der Waals surface area contributed by atoms with Gasteiger partial charge in [0.1, 0.15) is 0 Å². The van der Waals surface area contributed by atoms with Crippen molar-refractivity contribution in [1.82, 2.24) is 0 Å². The Morgan fingerprint density at radius 2 is 1.22 bits per heavy atom. The van der Waals surface area contributed by atoms with Crippen LogP contribution >= 0.6 is 0 Å². The van der Waals surface area contributed by atoms with E-state index in [-0.39, 0.29) is 47.7 Å². The van der Waals surface area contributed by atoms with Crippen LogP contribution in [-0.4, -0.2) is 19.5 Å². The first-order chi connectivity index (χ1) is 17.4. The molecule has 2 nitrogen and oxygen atoms in total. The highest BCUT2D eigenvalue weighted by Gasteiger charge is 2.27. The predicted molar refractivity (Wildman–Crippen MR) is 134 cm³/mol. The summed E-state index contributed by atoms with van der Waals surface area (Å²) < 4.78 is 69.9. The van der Waals surface area contributed by atoms with Crippen molar-refractivity contribution in [3.63, 3.8) is 0 Å². The lowest BCUT2D eigenvalue weighted by molar-refractivity contribution is -0.190. The molecule has 0 unspecified atom stereocenters. The molecule has 0 spiro atoms. The molecule has 0 bridgehead atoms. The van der Waals surface area contributed by atoms with Crippen molar-refractivity contribution in [3.8, 4) is 22.3 Å². The topological polar surface area (TPSA) is 18.5 Å². The Morgan fingerprint density at radius 3 is 1.83 bits per heavy atom. The molecule has 0 radical (unpaired) electrons. The summed E-state index contributed by atoms with van der Waals surface area (Å²) in [6, 6.07) is 12.4. The van der Waals surface area contributed by atoms with Crippen LogP contribution in [-0.2, 0) is 9.47 Å². The summed E-state index contributed by atoms with van der Waals surface area (Å²) in [5, 5.41) is 0. The van der Waals surface area contributed by atoms with E-state index in [0.29, 0.717) is 11.1 Å². The molecule has 0 atom stereocenters. The maximum absolute atomic E-state index is 15.1. The van der Waals surface area contributed by atoms with Gasteiger partial charge in [0.05, 0.1) is 13.2 Å². The fourth-order valence-corrected chi connectivity index (χ4v) is 4.60. The van der Waals surface area contributed by atoms with Gasteiger partial charge in [0, 0.05) is 17.0 Å². The lowest BCUT2D eigenvalue weighted by Gasteiger charge is -2.30. The smallest absolute Gasteiger partial charge is 0.166 e. The number of ether oxygens (including phenoxy) is 2. The Bertz CT molecular complexity index is 1170. The van der Waals surface area contributed by atoms with E-state index in [4.69, 9.17) is 9.47 Å². The molecular weight excluding hydrogens is 468 g/mol. The highest BCUT2D eigenvalue weighted by molar-refractivity contribution is 5.71. The van der Waals surface area contributed by atoms with E-state index in [1.165, 1.54) is 44.4 Å². The molecule has 0 N–H and O–H groups in total. The van der Waals surface area contributed by atoms with Gasteiger partial charge in [-0.25, -0.2) is 17.6 Å². The first kappa shape index (κ1) is 26.4. The van der Waals surface area contributed by atoms with Crippen molar-refractivity contribution in [2.45, 2.75) is 64.6 Å². The minimum atomic E-state index is -0.953.